The molecule has 1 aromatic heterocycles. The fourth-order valence-corrected chi connectivity index (χ4v) is 2.06. The minimum Gasteiger partial charge on any atom is -0.472 e. The Hall–Kier alpha value is -0.800. The van der Waals surface area contributed by atoms with E-state index in [4.69, 9.17) is 9.15 Å². The third-order valence-corrected chi connectivity index (χ3v) is 3.49. The standard InChI is InChI=1S/C12H19NO2/c1-3-12(4-2)9-15-11(7-13-12)10-5-6-14-8-10/h5-6,8,11,13H,3-4,7,9H2,1-2H3. The molecule has 0 bridgehead atoms. The van der Waals surface area contributed by atoms with E-state index in [9.17, 15) is 0 Å². The van der Waals surface area contributed by atoms with Gasteiger partial charge in [-0.05, 0) is 18.9 Å². The Morgan fingerprint density at radius 2 is 2.27 bits per heavy atom. The molecule has 1 fully saturated rings. The second-order valence-electron chi connectivity index (χ2n) is 4.22. The van der Waals surface area contributed by atoms with Crippen molar-refractivity contribution in [2.24, 2.45) is 0 Å². The summed E-state index contributed by atoms with van der Waals surface area (Å²) in [7, 11) is 0. The minimum atomic E-state index is 0.148. The predicted molar refractivity (Wildman–Crippen MR) is 58.7 cm³/mol. The fourth-order valence-electron chi connectivity index (χ4n) is 2.06. The molecule has 2 rings (SSSR count). The van der Waals surface area contributed by atoms with E-state index < -0.39 is 0 Å². The summed E-state index contributed by atoms with van der Waals surface area (Å²) in [6.07, 6.45) is 5.83. The molecule has 0 radical (unpaired) electrons. The van der Waals surface area contributed by atoms with Crippen LogP contribution in [0.5, 0.6) is 0 Å². The van der Waals surface area contributed by atoms with Gasteiger partial charge in [0.2, 0.25) is 0 Å². The number of rotatable bonds is 3. The van der Waals surface area contributed by atoms with E-state index in [2.05, 4.69) is 19.2 Å². The van der Waals surface area contributed by atoms with E-state index >= 15 is 0 Å². The van der Waals surface area contributed by atoms with Crippen molar-refractivity contribution in [3.05, 3.63) is 24.2 Å². The third kappa shape index (κ3) is 2.08. The summed E-state index contributed by atoms with van der Waals surface area (Å²) in [5.41, 5.74) is 1.31. The fraction of sp³-hybridized carbons (Fsp3) is 0.667. The maximum Gasteiger partial charge on any atom is 0.0981 e. The van der Waals surface area contributed by atoms with Crippen molar-refractivity contribution >= 4 is 0 Å². The predicted octanol–water partition coefficient (Wildman–Crippen LogP) is 2.50. The number of ether oxygens (including phenoxy) is 1. The van der Waals surface area contributed by atoms with E-state index in [1.807, 2.05) is 6.07 Å². The Kier molecular flexibility index (Phi) is 3.12. The Balaban J connectivity index is 1.97. The van der Waals surface area contributed by atoms with Crippen molar-refractivity contribution in [2.45, 2.75) is 38.3 Å². The number of hydrogen-bond donors (Lipinski definition) is 1. The first-order valence-electron chi connectivity index (χ1n) is 5.68. The molecular formula is C12H19NO2. The summed E-state index contributed by atoms with van der Waals surface area (Å²) in [5.74, 6) is 0. The van der Waals surface area contributed by atoms with Crippen LogP contribution in [0.15, 0.2) is 23.0 Å². The summed E-state index contributed by atoms with van der Waals surface area (Å²) in [6.45, 7) is 6.08. The minimum absolute atomic E-state index is 0.148. The first-order chi connectivity index (χ1) is 7.29. The molecule has 0 amide bonds. The van der Waals surface area contributed by atoms with Crippen molar-refractivity contribution in [1.82, 2.24) is 5.32 Å². The second-order valence-corrected chi connectivity index (χ2v) is 4.22. The number of furan rings is 1. The molecule has 1 atom stereocenters. The lowest BCUT2D eigenvalue weighted by atomic mass is 9.91. The smallest absolute Gasteiger partial charge is 0.0981 e. The quantitative estimate of drug-likeness (QED) is 0.830. The van der Waals surface area contributed by atoms with Gasteiger partial charge in [-0.15, -0.1) is 0 Å². The van der Waals surface area contributed by atoms with Crippen LogP contribution in [0.2, 0.25) is 0 Å². The van der Waals surface area contributed by atoms with Gasteiger partial charge >= 0.3 is 0 Å². The van der Waals surface area contributed by atoms with E-state index in [-0.39, 0.29) is 11.6 Å². The highest BCUT2D eigenvalue weighted by atomic mass is 16.5. The van der Waals surface area contributed by atoms with Gasteiger partial charge in [-0.1, -0.05) is 13.8 Å². The number of morpholine rings is 1. The Labute approximate surface area is 90.8 Å². The van der Waals surface area contributed by atoms with E-state index in [0.717, 1.165) is 31.6 Å². The van der Waals surface area contributed by atoms with Crippen LogP contribution in [0.25, 0.3) is 0 Å². The Morgan fingerprint density at radius 1 is 1.47 bits per heavy atom. The zero-order valence-corrected chi connectivity index (χ0v) is 9.45. The maximum absolute atomic E-state index is 5.90. The molecule has 1 aliphatic rings. The van der Waals surface area contributed by atoms with Crippen LogP contribution in [0.4, 0.5) is 0 Å². The molecule has 0 saturated carbocycles. The molecule has 0 aromatic carbocycles. The Morgan fingerprint density at radius 3 is 2.73 bits per heavy atom. The van der Waals surface area contributed by atoms with Crippen molar-refractivity contribution in [3.8, 4) is 0 Å². The largest absolute Gasteiger partial charge is 0.472 e. The zero-order valence-electron chi connectivity index (χ0n) is 9.45. The zero-order chi connectivity index (χ0) is 10.7. The van der Waals surface area contributed by atoms with Gasteiger partial charge in [0, 0.05) is 17.6 Å². The van der Waals surface area contributed by atoms with E-state index in [1.54, 1.807) is 12.5 Å². The van der Waals surface area contributed by atoms with Gasteiger partial charge in [0.15, 0.2) is 0 Å². The molecular weight excluding hydrogens is 190 g/mol. The van der Waals surface area contributed by atoms with Crippen LogP contribution in [-0.4, -0.2) is 18.7 Å². The van der Waals surface area contributed by atoms with Gasteiger partial charge in [0.05, 0.1) is 25.2 Å². The molecule has 3 heteroatoms. The normalized spacial score (nSPS) is 25.3. The summed E-state index contributed by atoms with van der Waals surface area (Å²) in [4.78, 5) is 0. The van der Waals surface area contributed by atoms with Gasteiger partial charge in [-0.25, -0.2) is 0 Å². The van der Waals surface area contributed by atoms with Gasteiger partial charge in [-0.3, -0.25) is 0 Å². The monoisotopic (exact) mass is 209 g/mol. The molecule has 1 unspecified atom stereocenters. The SMILES string of the molecule is CCC1(CC)COC(c2ccoc2)CN1. The molecule has 1 aromatic rings. The summed E-state index contributed by atoms with van der Waals surface area (Å²) in [5, 5.41) is 3.60. The Bertz CT molecular complexity index is 281. The van der Waals surface area contributed by atoms with Crippen LogP contribution in [0.3, 0.4) is 0 Å². The van der Waals surface area contributed by atoms with Gasteiger partial charge in [-0.2, -0.15) is 0 Å². The summed E-state index contributed by atoms with van der Waals surface area (Å²) in [6, 6.07) is 1.97. The van der Waals surface area contributed by atoms with Crippen LogP contribution in [-0.2, 0) is 4.74 Å². The molecule has 1 saturated heterocycles. The molecule has 3 nitrogen and oxygen atoms in total. The lowest BCUT2D eigenvalue weighted by molar-refractivity contribution is -0.0376. The first kappa shape index (κ1) is 10.7. The van der Waals surface area contributed by atoms with Gasteiger partial charge in [0.25, 0.3) is 0 Å². The molecule has 2 heterocycles. The highest BCUT2D eigenvalue weighted by molar-refractivity contribution is 5.11. The van der Waals surface area contributed by atoms with Crippen LogP contribution >= 0.6 is 0 Å². The lowest BCUT2D eigenvalue weighted by Gasteiger charge is -2.40. The molecule has 15 heavy (non-hydrogen) atoms. The molecule has 1 N–H and O–H groups in total. The maximum atomic E-state index is 5.90. The first-order valence-corrected chi connectivity index (χ1v) is 5.68. The van der Waals surface area contributed by atoms with Crippen molar-refractivity contribution in [2.75, 3.05) is 13.2 Å². The second kappa shape index (κ2) is 4.37. The van der Waals surface area contributed by atoms with Crippen molar-refractivity contribution in [3.63, 3.8) is 0 Å². The average Bonchev–Trinajstić information content (AvgIpc) is 2.83. The van der Waals surface area contributed by atoms with E-state index in [1.165, 1.54) is 0 Å². The highest BCUT2D eigenvalue weighted by Gasteiger charge is 2.33. The van der Waals surface area contributed by atoms with Gasteiger partial charge in [0.1, 0.15) is 0 Å². The molecule has 84 valence electrons. The number of hydrogen-bond acceptors (Lipinski definition) is 3. The van der Waals surface area contributed by atoms with E-state index in [0.29, 0.717) is 0 Å². The summed E-state index contributed by atoms with van der Waals surface area (Å²) < 4.78 is 11.0. The molecule has 0 spiro atoms. The van der Waals surface area contributed by atoms with Crippen LogP contribution in [0.1, 0.15) is 38.4 Å². The molecule has 1 aliphatic heterocycles. The topological polar surface area (TPSA) is 34.4 Å². The molecule has 0 aliphatic carbocycles. The van der Waals surface area contributed by atoms with Crippen LogP contribution < -0.4 is 5.32 Å². The highest BCUT2D eigenvalue weighted by Crippen LogP contribution is 2.27. The number of nitrogens with one attached hydrogen (secondary N) is 1. The van der Waals surface area contributed by atoms with Crippen molar-refractivity contribution in [1.29, 1.82) is 0 Å². The summed E-state index contributed by atoms with van der Waals surface area (Å²) >= 11 is 0. The average molecular weight is 209 g/mol. The third-order valence-electron chi connectivity index (χ3n) is 3.49. The van der Waals surface area contributed by atoms with Crippen molar-refractivity contribution < 1.29 is 9.15 Å². The van der Waals surface area contributed by atoms with Gasteiger partial charge < -0.3 is 14.5 Å². The van der Waals surface area contributed by atoms with Crippen LogP contribution in [0, 0.1) is 0 Å². The lowest BCUT2D eigenvalue weighted by Crippen LogP contribution is -2.54.